The maximum Gasteiger partial charge on any atom is 0.135 e. The van der Waals surface area contributed by atoms with E-state index in [1.54, 1.807) is 0 Å². The highest BCUT2D eigenvalue weighted by Gasteiger charge is 2.41. The third-order valence-corrected chi connectivity index (χ3v) is 6.45. The molecule has 4 nitrogen and oxygen atoms in total. The van der Waals surface area contributed by atoms with Gasteiger partial charge in [0.15, 0.2) is 0 Å². The zero-order chi connectivity index (χ0) is 22.6. The molecule has 5 rings (SSSR count). The standard InChI is InChI=1S/C25H28F3N3O/c1-14-8-18-17-6-4-5-7-21(17)30-23(18)24(31(14)13-25(2,3)28)22-19(26)9-15(10-20(22)27)32-16-11-29-12-16/h4-7,9-10,14,16,24,29-30H,8,11-13H2,1-3H3. The van der Waals surface area contributed by atoms with Crippen LogP contribution in [0.3, 0.4) is 0 Å². The van der Waals surface area contributed by atoms with Crippen molar-refractivity contribution in [2.75, 3.05) is 19.6 Å². The van der Waals surface area contributed by atoms with Gasteiger partial charge in [-0.05, 0) is 38.8 Å². The number of benzene rings is 2. The van der Waals surface area contributed by atoms with Gasteiger partial charge in [0.05, 0.1) is 6.04 Å². The van der Waals surface area contributed by atoms with Crippen LogP contribution < -0.4 is 10.1 Å². The lowest BCUT2D eigenvalue weighted by Gasteiger charge is -2.43. The molecule has 7 heteroatoms. The molecule has 1 fully saturated rings. The monoisotopic (exact) mass is 443 g/mol. The highest BCUT2D eigenvalue weighted by molar-refractivity contribution is 5.85. The first-order chi connectivity index (χ1) is 15.2. The molecular weight excluding hydrogens is 415 g/mol. The summed E-state index contributed by atoms with van der Waals surface area (Å²) in [6.07, 6.45) is 0.587. The van der Waals surface area contributed by atoms with E-state index in [-0.39, 0.29) is 30.0 Å². The van der Waals surface area contributed by atoms with Crippen molar-refractivity contribution in [3.63, 3.8) is 0 Å². The van der Waals surface area contributed by atoms with Crippen molar-refractivity contribution in [1.82, 2.24) is 15.2 Å². The summed E-state index contributed by atoms with van der Waals surface area (Å²) in [5.41, 5.74) is 1.07. The number of nitrogens with zero attached hydrogens (tertiary/aromatic N) is 1. The second-order valence-electron chi connectivity index (χ2n) is 9.61. The molecule has 170 valence electrons. The Morgan fingerprint density at radius 2 is 1.81 bits per heavy atom. The van der Waals surface area contributed by atoms with Crippen LogP contribution in [0, 0.1) is 11.6 Å². The summed E-state index contributed by atoms with van der Waals surface area (Å²) in [7, 11) is 0. The Hall–Kier alpha value is -2.51. The number of hydrogen-bond acceptors (Lipinski definition) is 3. The minimum Gasteiger partial charge on any atom is -0.488 e. The molecule has 2 aliphatic heterocycles. The lowest BCUT2D eigenvalue weighted by atomic mass is 9.87. The lowest BCUT2D eigenvalue weighted by Crippen LogP contribution is -2.50. The van der Waals surface area contributed by atoms with E-state index in [0.29, 0.717) is 19.5 Å². The van der Waals surface area contributed by atoms with Crippen molar-refractivity contribution >= 4 is 10.9 Å². The first-order valence-electron chi connectivity index (χ1n) is 11.1. The van der Waals surface area contributed by atoms with Crippen molar-refractivity contribution < 1.29 is 17.9 Å². The van der Waals surface area contributed by atoms with Gasteiger partial charge in [-0.25, -0.2) is 13.2 Å². The highest BCUT2D eigenvalue weighted by Crippen LogP contribution is 2.43. The average molecular weight is 444 g/mol. The number of aromatic amines is 1. The molecule has 2 N–H and O–H groups in total. The number of para-hydroxylation sites is 1. The third-order valence-electron chi connectivity index (χ3n) is 6.45. The molecule has 2 aromatic carbocycles. The molecule has 0 amide bonds. The maximum absolute atomic E-state index is 15.5. The van der Waals surface area contributed by atoms with Crippen LogP contribution in [-0.4, -0.2) is 47.3 Å². The van der Waals surface area contributed by atoms with Gasteiger partial charge in [0.1, 0.15) is 29.2 Å². The molecule has 3 heterocycles. The molecule has 0 bridgehead atoms. The first kappa shape index (κ1) is 21.3. The third kappa shape index (κ3) is 3.77. The van der Waals surface area contributed by atoms with Gasteiger partial charge in [0.25, 0.3) is 0 Å². The molecule has 1 aromatic heterocycles. The zero-order valence-corrected chi connectivity index (χ0v) is 18.5. The molecule has 1 saturated heterocycles. The number of halogens is 3. The van der Waals surface area contributed by atoms with E-state index >= 15 is 8.78 Å². The van der Waals surface area contributed by atoms with Gasteiger partial charge in [0.2, 0.25) is 0 Å². The molecule has 2 atom stereocenters. The topological polar surface area (TPSA) is 40.3 Å². The number of H-pyrrole nitrogens is 1. The second-order valence-corrected chi connectivity index (χ2v) is 9.61. The van der Waals surface area contributed by atoms with E-state index in [1.165, 1.54) is 26.0 Å². The fraction of sp³-hybridized carbons (Fsp3) is 0.440. The first-order valence-corrected chi connectivity index (χ1v) is 11.1. The van der Waals surface area contributed by atoms with E-state index in [1.807, 2.05) is 36.1 Å². The van der Waals surface area contributed by atoms with Crippen LogP contribution in [0.15, 0.2) is 36.4 Å². The van der Waals surface area contributed by atoms with Crippen LogP contribution in [0.1, 0.15) is 43.6 Å². The van der Waals surface area contributed by atoms with E-state index < -0.39 is 23.3 Å². The number of nitrogens with one attached hydrogen (secondary N) is 2. The average Bonchev–Trinajstić information content (AvgIpc) is 3.04. The van der Waals surface area contributed by atoms with Crippen LogP contribution in [0.5, 0.6) is 5.75 Å². The minimum absolute atomic E-state index is 0.0541. The van der Waals surface area contributed by atoms with Crippen LogP contribution in [0.25, 0.3) is 10.9 Å². The molecule has 0 radical (unpaired) electrons. The number of rotatable bonds is 5. The molecule has 2 unspecified atom stereocenters. The van der Waals surface area contributed by atoms with Crippen LogP contribution in [0.2, 0.25) is 0 Å². The lowest BCUT2D eigenvalue weighted by molar-refractivity contribution is 0.0641. The van der Waals surface area contributed by atoms with Crippen LogP contribution in [-0.2, 0) is 6.42 Å². The number of aromatic nitrogens is 1. The van der Waals surface area contributed by atoms with Crippen molar-refractivity contribution in [3.8, 4) is 5.75 Å². The van der Waals surface area contributed by atoms with Gasteiger partial charge < -0.3 is 15.0 Å². The Morgan fingerprint density at radius 1 is 1.12 bits per heavy atom. The van der Waals surface area contributed by atoms with Gasteiger partial charge >= 0.3 is 0 Å². The Balaban J connectivity index is 1.65. The van der Waals surface area contributed by atoms with Gasteiger partial charge in [-0.1, -0.05) is 18.2 Å². The number of fused-ring (bicyclic) bond motifs is 3. The predicted molar refractivity (Wildman–Crippen MR) is 119 cm³/mol. The second kappa shape index (κ2) is 7.81. The van der Waals surface area contributed by atoms with Gasteiger partial charge in [0, 0.05) is 60.0 Å². The van der Waals surface area contributed by atoms with Crippen LogP contribution in [0.4, 0.5) is 13.2 Å². The summed E-state index contributed by atoms with van der Waals surface area (Å²) in [5.74, 6) is -1.19. The van der Waals surface area contributed by atoms with E-state index in [9.17, 15) is 4.39 Å². The van der Waals surface area contributed by atoms with Crippen molar-refractivity contribution in [3.05, 3.63) is 64.9 Å². The van der Waals surface area contributed by atoms with E-state index in [0.717, 1.165) is 22.2 Å². The van der Waals surface area contributed by atoms with Crippen molar-refractivity contribution in [1.29, 1.82) is 0 Å². The Kier molecular flexibility index (Phi) is 5.21. The van der Waals surface area contributed by atoms with E-state index in [4.69, 9.17) is 4.74 Å². The molecular formula is C25H28F3N3O. The molecule has 2 aliphatic rings. The Morgan fingerprint density at radius 3 is 2.44 bits per heavy atom. The molecule has 0 saturated carbocycles. The summed E-state index contributed by atoms with van der Waals surface area (Å²) >= 11 is 0. The minimum atomic E-state index is -1.52. The fourth-order valence-electron chi connectivity index (χ4n) is 4.93. The van der Waals surface area contributed by atoms with Crippen LogP contribution >= 0.6 is 0 Å². The van der Waals surface area contributed by atoms with E-state index in [2.05, 4.69) is 10.3 Å². The van der Waals surface area contributed by atoms with Gasteiger partial charge in [-0.2, -0.15) is 0 Å². The molecule has 0 spiro atoms. The largest absolute Gasteiger partial charge is 0.488 e. The van der Waals surface area contributed by atoms with Gasteiger partial charge in [-0.3, -0.25) is 4.90 Å². The SMILES string of the molecule is CC1Cc2c([nH]c3ccccc23)C(c2c(F)cc(OC3CNC3)cc2F)N1CC(C)(C)F. The summed E-state index contributed by atoms with van der Waals surface area (Å²) in [6.45, 7) is 6.34. The summed E-state index contributed by atoms with van der Waals surface area (Å²) in [4.78, 5) is 5.25. The molecule has 32 heavy (non-hydrogen) atoms. The van der Waals surface area contributed by atoms with Gasteiger partial charge in [-0.15, -0.1) is 0 Å². The summed E-state index contributed by atoms with van der Waals surface area (Å²) < 4.78 is 51.4. The summed E-state index contributed by atoms with van der Waals surface area (Å²) in [6, 6.07) is 9.47. The smallest absolute Gasteiger partial charge is 0.135 e. The maximum atomic E-state index is 15.5. The zero-order valence-electron chi connectivity index (χ0n) is 18.5. The predicted octanol–water partition coefficient (Wildman–Crippen LogP) is 4.88. The Labute approximate surface area is 185 Å². The molecule has 0 aliphatic carbocycles. The number of alkyl halides is 1. The fourth-order valence-corrected chi connectivity index (χ4v) is 4.93. The normalized spacial score (nSPS) is 22.1. The summed E-state index contributed by atoms with van der Waals surface area (Å²) in [5, 5.41) is 4.11. The highest BCUT2D eigenvalue weighted by atomic mass is 19.1. The Bertz CT molecular complexity index is 1130. The number of hydrogen-bond donors (Lipinski definition) is 2. The number of ether oxygens (including phenoxy) is 1. The molecule has 3 aromatic rings. The van der Waals surface area contributed by atoms with Crippen molar-refractivity contribution in [2.45, 2.75) is 51.0 Å². The quantitative estimate of drug-likeness (QED) is 0.591. The van der Waals surface area contributed by atoms with Crippen molar-refractivity contribution in [2.24, 2.45) is 0 Å².